The molecule has 0 spiro atoms. The first-order valence-corrected chi connectivity index (χ1v) is 11.4. The summed E-state index contributed by atoms with van der Waals surface area (Å²) in [5.74, 6) is -0.966. The third-order valence-corrected chi connectivity index (χ3v) is 6.26. The number of phenolic OH excluding ortho intramolecular Hbond substituents is 1. The number of phenols is 1. The molecule has 7 heteroatoms. The van der Waals surface area contributed by atoms with Crippen molar-refractivity contribution in [3.8, 4) is 11.5 Å². The Kier molecular flexibility index (Phi) is 6.60. The number of pyridine rings is 1. The van der Waals surface area contributed by atoms with Crippen molar-refractivity contribution < 1.29 is 24.5 Å². The fourth-order valence-corrected chi connectivity index (χ4v) is 4.50. The first-order valence-electron chi connectivity index (χ1n) is 11.4. The van der Waals surface area contributed by atoms with Gasteiger partial charge in [0.2, 0.25) is 0 Å². The van der Waals surface area contributed by atoms with Crippen molar-refractivity contribution in [1.82, 2.24) is 9.88 Å². The van der Waals surface area contributed by atoms with Crippen molar-refractivity contribution in [1.29, 1.82) is 0 Å². The van der Waals surface area contributed by atoms with E-state index < -0.39 is 17.7 Å². The predicted molar refractivity (Wildman–Crippen MR) is 132 cm³/mol. The third kappa shape index (κ3) is 4.49. The number of carbonyl (C=O) groups is 2. The number of hydrogen-bond donors (Lipinski definition) is 2. The van der Waals surface area contributed by atoms with Crippen LogP contribution in [0.2, 0.25) is 0 Å². The van der Waals surface area contributed by atoms with Crippen molar-refractivity contribution in [2.24, 2.45) is 0 Å². The summed E-state index contributed by atoms with van der Waals surface area (Å²) in [6.07, 6.45) is 3.25. The van der Waals surface area contributed by atoms with Gasteiger partial charge in [0, 0.05) is 24.5 Å². The number of nitrogens with zero attached hydrogens (tertiary/aromatic N) is 2. The fraction of sp³-hybridized carbons (Fsp3) is 0.250. The second-order valence-corrected chi connectivity index (χ2v) is 8.95. The molecule has 35 heavy (non-hydrogen) atoms. The molecule has 1 aromatic heterocycles. The van der Waals surface area contributed by atoms with E-state index in [0.717, 1.165) is 11.1 Å². The highest BCUT2D eigenvalue weighted by Crippen LogP contribution is 2.42. The Labute approximate surface area is 204 Å². The molecule has 4 rings (SSSR count). The van der Waals surface area contributed by atoms with E-state index in [4.69, 9.17) is 4.74 Å². The molecule has 180 valence electrons. The van der Waals surface area contributed by atoms with Crippen LogP contribution in [0, 0.1) is 6.92 Å². The van der Waals surface area contributed by atoms with Crippen LogP contribution in [0.3, 0.4) is 0 Å². The molecule has 1 aliphatic rings. The monoisotopic (exact) mass is 472 g/mol. The van der Waals surface area contributed by atoms with Crippen molar-refractivity contribution in [2.45, 2.75) is 39.3 Å². The number of carbonyl (C=O) groups excluding carboxylic acids is 2. The number of aryl methyl sites for hydroxylation is 1. The van der Waals surface area contributed by atoms with Crippen LogP contribution in [0.5, 0.6) is 11.5 Å². The van der Waals surface area contributed by atoms with Gasteiger partial charge in [-0.15, -0.1) is 0 Å². The molecule has 0 saturated carbocycles. The van der Waals surface area contributed by atoms with Crippen molar-refractivity contribution in [2.75, 3.05) is 7.11 Å². The lowest BCUT2D eigenvalue weighted by atomic mass is 9.91. The van der Waals surface area contributed by atoms with E-state index in [9.17, 15) is 19.8 Å². The van der Waals surface area contributed by atoms with Crippen LogP contribution in [-0.2, 0) is 16.1 Å². The van der Waals surface area contributed by atoms with Crippen LogP contribution >= 0.6 is 0 Å². The molecule has 2 N–H and O–H groups in total. The van der Waals surface area contributed by atoms with Crippen LogP contribution in [-0.4, -0.2) is 38.9 Å². The smallest absolute Gasteiger partial charge is 0.295 e. The molecule has 1 saturated heterocycles. The molecule has 7 nitrogen and oxygen atoms in total. The maximum atomic E-state index is 13.3. The number of aliphatic hydroxyl groups excluding tert-OH is 1. The van der Waals surface area contributed by atoms with Crippen molar-refractivity contribution in [3.63, 3.8) is 0 Å². The zero-order valence-electron chi connectivity index (χ0n) is 20.1. The maximum Gasteiger partial charge on any atom is 0.295 e. The van der Waals surface area contributed by atoms with E-state index in [1.165, 1.54) is 17.0 Å². The molecule has 1 unspecified atom stereocenters. The number of methoxy groups -OCH3 is 1. The van der Waals surface area contributed by atoms with Gasteiger partial charge in [0.25, 0.3) is 11.7 Å². The molecule has 2 aromatic carbocycles. The second kappa shape index (κ2) is 9.62. The van der Waals surface area contributed by atoms with E-state index in [2.05, 4.69) is 4.98 Å². The van der Waals surface area contributed by atoms with Crippen LogP contribution in [0.4, 0.5) is 0 Å². The molecule has 1 atom stereocenters. The van der Waals surface area contributed by atoms with Gasteiger partial charge in [0.1, 0.15) is 17.3 Å². The van der Waals surface area contributed by atoms with E-state index in [-0.39, 0.29) is 29.5 Å². The molecule has 0 radical (unpaired) electrons. The number of ether oxygens (including phenoxy) is 1. The highest BCUT2D eigenvalue weighted by molar-refractivity contribution is 6.46. The Hall–Kier alpha value is -4.13. The molecule has 2 heterocycles. The first kappa shape index (κ1) is 24.0. The topological polar surface area (TPSA) is 100.0 Å². The number of ketones is 1. The number of hydrogen-bond acceptors (Lipinski definition) is 6. The number of benzene rings is 2. The SMILES string of the molecule is COc1cc(C)c(/C(O)=C2\C(=O)C(=O)N(Cc3cccnc3)C2c2cccc(O)c2)cc1C(C)C. The summed E-state index contributed by atoms with van der Waals surface area (Å²) in [7, 11) is 1.59. The van der Waals surface area contributed by atoms with E-state index in [0.29, 0.717) is 22.4 Å². The minimum Gasteiger partial charge on any atom is -0.508 e. The zero-order valence-corrected chi connectivity index (χ0v) is 20.1. The summed E-state index contributed by atoms with van der Waals surface area (Å²) in [4.78, 5) is 32.1. The number of aromatic nitrogens is 1. The second-order valence-electron chi connectivity index (χ2n) is 8.95. The molecule has 1 aliphatic heterocycles. The summed E-state index contributed by atoms with van der Waals surface area (Å²) in [6, 6.07) is 12.7. The molecule has 0 aliphatic carbocycles. The van der Waals surface area contributed by atoms with Crippen LogP contribution in [0.25, 0.3) is 5.76 Å². The van der Waals surface area contributed by atoms with Crippen molar-refractivity contribution >= 4 is 17.4 Å². The zero-order chi connectivity index (χ0) is 25.3. The number of Topliss-reactive ketones (excluding diaryl/α,β-unsaturated/α-hetero) is 1. The van der Waals surface area contributed by atoms with Gasteiger partial charge in [0.05, 0.1) is 18.7 Å². The lowest BCUT2D eigenvalue weighted by Gasteiger charge is -2.25. The minimum atomic E-state index is -0.883. The largest absolute Gasteiger partial charge is 0.508 e. The highest BCUT2D eigenvalue weighted by Gasteiger charge is 2.46. The lowest BCUT2D eigenvalue weighted by Crippen LogP contribution is -2.29. The van der Waals surface area contributed by atoms with Gasteiger partial charge in [0.15, 0.2) is 0 Å². The Balaban J connectivity index is 1.93. The standard InChI is InChI=1S/C28H28N2O5/c1-16(2)21-13-22(17(3)11-23(21)35-4)26(32)24-25(19-8-5-9-20(31)12-19)30(28(34)27(24)33)15-18-7-6-10-29-14-18/h5-14,16,25,31-32H,15H2,1-4H3/b26-24+. The Morgan fingerprint density at radius 1 is 1.14 bits per heavy atom. The third-order valence-electron chi connectivity index (χ3n) is 6.26. The molecular formula is C28H28N2O5. The summed E-state index contributed by atoms with van der Waals surface area (Å²) in [6.45, 7) is 5.96. The first-order chi connectivity index (χ1) is 16.7. The number of aliphatic hydroxyl groups is 1. The van der Waals surface area contributed by atoms with Gasteiger partial charge >= 0.3 is 0 Å². The Morgan fingerprint density at radius 2 is 1.91 bits per heavy atom. The van der Waals surface area contributed by atoms with Gasteiger partial charge in [-0.3, -0.25) is 14.6 Å². The fourth-order valence-electron chi connectivity index (χ4n) is 4.50. The normalized spacial score (nSPS) is 17.3. The van der Waals surface area contributed by atoms with Crippen LogP contribution in [0.15, 0.2) is 66.5 Å². The summed E-state index contributed by atoms with van der Waals surface area (Å²) >= 11 is 0. The Morgan fingerprint density at radius 3 is 2.54 bits per heavy atom. The molecular weight excluding hydrogens is 444 g/mol. The van der Waals surface area contributed by atoms with E-state index in [1.807, 2.05) is 39.0 Å². The number of amides is 1. The van der Waals surface area contributed by atoms with Crippen molar-refractivity contribution in [3.05, 3.63) is 94.3 Å². The number of aromatic hydroxyl groups is 1. The molecule has 3 aromatic rings. The maximum absolute atomic E-state index is 13.3. The molecule has 1 amide bonds. The Bertz CT molecular complexity index is 1310. The van der Waals surface area contributed by atoms with E-state index >= 15 is 0 Å². The molecule has 0 bridgehead atoms. The highest BCUT2D eigenvalue weighted by atomic mass is 16.5. The predicted octanol–water partition coefficient (Wildman–Crippen LogP) is 4.85. The minimum absolute atomic E-state index is 0.00260. The van der Waals surface area contributed by atoms with Crippen LogP contribution < -0.4 is 4.74 Å². The number of likely N-dealkylation sites (tertiary alicyclic amines) is 1. The van der Waals surface area contributed by atoms with Gasteiger partial charge < -0.3 is 19.8 Å². The summed E-state index contributed by atoms with van der Waals surface area (Å²) < 4.78 is 5.51. The van der Waals surface area contributed by atoms with Gasteiger partial charge in [-0.2, -0.15) is 0 Å². The summed E-state index contributed by atoms with van der Waals surface area (Å²) in [5, 5.41) is 21.6. The van der Waals surface area contributed by atoms with Gasteiger partial charge in [-0.1, -0.05) is 32.0 Å². The quantitative estimate of drug-likeness (QED) is 0.302. The molecule has 1 fully saturated rings. The van der Waals surface area contributed by atoms with Crippen LogP contribution in [0.1, 0.15) is 53.6 Å². The van der Waals surface area contributed by atoms with Gasteiger partial charge in [-0.25, -0.2) is 0 Å². The van der Waals surface area contributed by atoms with Gasteiger partial charge in [-0.05, 0) is 65.4 Å². The average Bonchev–Trinajstić information content (AvgIpc) is 3.08. The lowest BCUT2D eigenvalue weighted by molar-refractivity contribution is -0.140. The average molecular weight is 473 g/mol. The number of rotatable bonds is 6. The van der Waals surface area contributed by atoms with E-state index in [1.54, 1.807) is 37.7 Å². The summed E-state index contributed by atoms with van der Waals surface area (Å²) in [5.41, 5.74) is 3.27.